The molecule has 0 radical (unpaired) electrons. The maximum absolute atomic E-state index is 12.3. The minimum atomic E-state index is -0.639. The van der Waals surface area contributed by atoms with Crippen LogP contribution in [0.1, 0.15) is 15.9 Å². The zero-order valence-electron chi connectivity index (χ0n) is 13.8. The van der Waals surface area contributed by atoms with Crippen LogP contribution in [0.5, 0.6) is 5.75 Å². The molecular weight excluding hydrogens is 306 g/mol. The summed E-state index contributed by atoms with van der Waals surface area (Å²) in [5.41, 5.74) is 7.29. The Morgan fingerprint density at radius 2 is 1.71 bits per heavy atom. The number of ether oxygens (including phenoxy) is 1. The molecule has 0 aliphatic carbocycles. The van der Waals surface area contributed by atoms with Crippen molar-refractivity contribution in [1.82, 2.24) is 4.90 Å². The lowest BCUT2D eigenvalue weighted by atomic mass is 10.2. The van der Waals surface area contributed by atoms with E-state index in [1.807, 2.05) is 31.2 Å². The van der Waals surface area contributed by atoms with Crippen molar-refractivity contribution < 1.29 is 14.3 Å². The van der Waals surface area contributed by atoms with Crippen molar-refractivity contribution in [3.8, 4) is 5.75 Å². The van der Waals surface area contributed by atoms with Gasteiger partial charge in [0.25, 0.3) is 5.91 Å². The van der Waals surface area contributed by atoms with E-state index >= 15 is 0 Å². The van der Waals surface area contributed by atoms with Crippen molar-refractivity contribution >= 4 is 17.6 Å². The monoisotopic (exact) mass is 327 g/mol. The molecule has 0 fully saturated rings. The highest BCUT2D eigenvalue weighted by Crippen LogP contribution is 2.13. The van der Waals surface area contributed by atoms with Crippen LogP contribution in [0, 0.1) is 6.92 Å². The number of nitrogens with one attached hydrogen (secondary N) is 1. The normalized spacial score (nSPS) is 10.1. The molecule has 0 aliphatic heterocycles. The minimum Gasteiger partial charge on any atom is -0.492 e. The first-order chi connectivity index (χ1) is 11.5. The Morgan fingerprint density at radius 1 is 1.08 bits per heavy atom. The first kappa shape index (κ1) is 17.3. The number of urea groups is 1. The number of hydrogen-bond donors (Lipinski definition) is 2. The van der Waals surface area contributed by atoms with Crippen molar-refractivity contribution in [2.75, 3.05) is 25.5 Å². The Bertz CT molecular complexity index is 696. The smallest absolute Gasteiger partial charge is 0.316 e. The number of carbonyl (C=O) groups excluding carboxylic acids is 2. The molecule has 6 nitrogen and oxygen atoms in total. The van der Waals surface area contributed by atoms with Crippen LogP contribution in [-0.2, 0) is 0 Å². The van der Waals surface area contributed by atoms with Crippen molar-refractivity contribution in [3.05, 3.63) is 59.7 Å². The summed E-state index contributed by atoms with van der Waals surface area (Å²) >= 11 is 0. The van der Waals surface area contributed by atoms with Gasteiger partial charge in [-0.15, -0.1) is 0 Å². The summed E-state index contributed by atoms with van der Waals surface area (Å²) in [6, 6.07) is 13.7. The molecule has 3 N–H and O–H groups in total. The van der Waals surface area contributed by atoms with Crippen LogP contribution < -0.4 is 15.8 Å². The van der Waals surface area contributed by atoms with Crippen LogP contribution in [-0.4, -0.2) is 37.0 Å². The third-order valence-corrected chi connectivity index (χ3v) is 3.46. The highest BCUT2D eigenvalue weighted by atomic mass is 16.5. The second-order valence-electron chi connectivity index (χ2n) is 5.45. The molecule has 0 heterocycles. The average Bonchev–Trinajstić information content (AvgIpc) is 2.56. The summed E-state index contributed by atoms with van der Waals surface area (Å²) < 4.78 is 5.63. The number of primary amides is 1. The lowest BCUT2D eigenvalue weighted by Gasteiger charge is -2.18. The van der Waals surface area contributed by atoms with Gasteiger partial charge in [0.05, 0.1) is 6.54 Å². The number of likely N-dealkylation sites (N-methyl/N-ethyl adjacent to an activating group) is 1. The van der Waals surface area contributed by atoms with E-state index in [1.54, 1.807) is 36.2 Å². The highest BCUT2D eigenvalue weighted by Gasteiger charge is 2.11. The van der Waals surface area contributed by atoms with E-state index in [0.717, 1.165) is 5.75 Å². The van der Waals surface area contributed by atoms with Gasteiger partial charge in [-0.05, 0) is 43.3 Å². The average molecular weight is 327 g/mol. The number of anilines is 1. The molecule has 0 spiro atoms. The zero-order valence-corrected chi connectivity index (χ0v) is 13.8. The number of benzene rings is 2. The molecular formula is C18H21N3O3. The predicted octanol–water partition coefficient (Wildman–Crippen LogP) is 2.64. The lowest BCUT2D eigenvalue weighted by molar-refractivity contribution is 0.0774. The fourth-order valence-electron chi connectivity index (χ4n) is 2.10. The standard InChI is InChI=1S/C18H21N3O3/c1-13-3-9-16(10-4-13)24-12-11-21(2)17(22)14-5-7-15(8-6-14)20-18(19)23/h3-10H,11-12H2,1-2H3,(H3,19,20,23). The van der Waals surface area contributed by atoms with Gasteiger partial charge in [0.15, 0.2) is 0 Å². The third-order valence-electron chi connectivity index (χ3n) is 3.46. The van der Waals surface area contributed by atoms with Gasteiger partial charge in [0.2, 0.25) is 0 Å². The second-order valence-corrected chi connectivity index (χ2v) is 5.45. The summed E-state index contributed by atoms with van der Waals surface area (Å²) in [7, 11) is 1.72. The van der Waals surface area contributed by atoms with Gasteiger partial charge in [0.1, 0.15) is 12.4 Å². The summed E-state index contributed by atoms with van der Waals surface area (Å²) in [4.78, 5) is 24.7. The number of nitrogens with two attached hydrogens (primary N) is 1. The molecule has 2 rings (SSSR count). The quantitative estimate of drug-likeness (QED) is 0.855. The number of amides is 3. The van der Waals surface area contributed by atoms with E-state index in [0.29, 0.717) is 24.4 Å². The molecule has 0 bridgehead atoms. The molecule has 2 aromatic carbocycles. The van der Waals surface area contributed by atoms with Crippen LogP contribution in [0.25, 0.3) is 0 Å². The summed E-state index contributed by atoms with van der Waals surface area (Å²) in [6.07, 6.45) is 0. The zero-order chi connectivity index (χ0) is 17.5. The first-order valence-corrected chi connectivity index (χ1v) is 7.57. The van der Waals surface area contributed by atoms with Gasteiger partial charge in [-0.25, -0.2) is 4.79 Å². The minimum absolute atomic E-state index is 0.117. The number of hydrogen-bond acceptors (Lipinski definition) is 3. The number of carbonyl (C=O) groups is 2. The Hall–Kier alpha value is -3.02. The Labute approximate surface area is 141 Å². The number of rotatable bonds is 6. The molecule has 0 aliphatic rings. The van der Waals surface area contributed by atoms with Crippen molar-refractivity contribution in [3.63, 3.8) is 0 Å². The van der Waals surface area contributed by atoms with Gasteiger partial charge < -0.3 is 20.7 Å². The van der Waals surface area contributed by atoms with Crippen molar-refractivity contribution in [2.24, 2.45) is 5.73 Å². The van der Waals surface area contributed by atoms with Crippen LogP contribution >= 0.6 is 0 Å². The summed E-state index contributed by atoms with van der Waals surface area (Å²) in [5, 5.41) is 2.45. The van der Waals surface area contributed by atoms with E-state index in [9.17, 15) is 9.59 Å². The topological polar surface area (TPSA) is 84.7 Å². The van der Waals surface area contributed by atoms with E-state index in [-0.39, 0.29) is 5.91 Å². The third kappa shape index (κ3) is 5.01. The van der Waals surface area contributed by atoms with Crippen LogP contribution in [0.2, 0.25) is 0 Å². The molecule has 3 amide bonds. The largest absolute Gasteiger partial charge is 0.492 e. The Balaban J connectivity index is 1.85. The maximum atomic E-state index is 12.3. The van der Waals surface area contributed by atoms with Crippen LogP contribution in [0.4, 0.5) is 10.5 Å². The lowest BCUT2D eigenvalue weighted by Crippen LogP contribution is -2.30. The molecule has 0 saturated carbocycles. The Morgan fingerprint density at radius 3 is 2.29 bits per heavy atom. The molecule has 0 unspecified atom stereocenters. The maximum Gasteiger partial charge on any atom is 0.316 e. The predicted molar refractivity (Wildman–Crippen MR) is 93.3 cm³/mol. The molecule has 0 aromatic heterocycles. The molecule has 2 aromatic rings. The van der Waals surface area contributed by atoms with Gasteiger partial charge in [-0.1, -0.05) is 17.7 Å². The molecule has 126 valence electrons. The van der Waals surface area contributed by atoms with E-state index in [1.165, 1.54) is 5.56 Å². The van der Waals surface area contributed by atoms with Gasteiger partial charge >= 0.3 is 6.03 Å². The molecule has 6 heteroatoms. The SMILES string of the molecule is Cc1ccc(OCCN(C)C(=O)c2ccc(NC(N)=O)cc2)cc1. The number of nitrogens with zero attached hydrogens (tertiary/aromatic N) is 1. The molecule has 24 heavy (non-hydrogen) atoms. The van der Waals surface area contributed by atoms with Gasteiger partial charge in [-0.3, -0.25) is 4.79 Å². The Kier molecular flexibility index (Phi) is 5.78. The van der Waals surface area contributed by atoms with Gasteiger partial charge in [0, 0.05) is 18.3 Å². The fraction of sp³-hybridized carbons (Fsp3) is 0.222. The van der Waals surface area contributed by atoms with Crippen molar-refractivity contribution in [2.45, 2.75) is 6.92 Å². The summed E-state index contributed by atoms with van der Waals surface area (Å²) in [5.74, 6) is 0.663. The van der Waals surface area contributed by atoms with E-state index < -0.39 is 6.03 Å². The van der Waals surface area contributed by atoms with Crippen LogP contribution in [0.15, 0.2) is 48.5 Å². The van der Waals surface area contributed by atoms with Gasteiger partial charge in [-0.2, -0.15) is 0 Å². The van der Waals surface area contributed by atoms with E-state index in [4.69, 9.17) is 10.5 Å². The van der Waals surface area contributed by atoms with E-state index in [2.05, 4.69) is 5.32 Å². The first-order valence-electron chi connectivity index (χ1n) is 7.57. The second kappa shape index (κ2) is 8.01. The summed E-state index contributed by atoms with van der Waals surface area (Å²) in [6.45, 7) is 2.89. The van der Waals surface area contributed by atoms with Crippen LogP contribution in [0.3, 0.4) is 0 Å². The fourth-order valence-corrected chi connectivity index (χ4v) is 2.10. The van der Waals surface area contributed by atoms with Crippen molar-refractivity contribution in [1.29, 1.82) is 0 Å². The molecule has 0 atom stereocenters. The highest BCUT2D eigenvalue weighted by molar-refractivity contribution is 5.95. The number of aryl methyl sites for hydroxylation is 1. The molecule has 0 saturated heterocycles.